The zero-order valence-electron chi connectivity index (χ0n) is 17.0. The summed E-state index contributed by atoms with van der Waals surface area (Å²) >= 11 is 0. The van der Waals surface area contributed by atoms with Crippen molar-refractivity contribution in [1.29, 1.82) is 0 Å². The summed E-state index contributed by atoms with van der Waals surface area (Å²) in [7, 11) is 0. The van der Waals surface area contributed by atoms with Crippen molar-refractivity contribution in [2.45, 2.75) is 76.2 Å². The van der Waals surface area contributed by atoms with Gasteiger partial charge in [0, 0.05) is 38.2 Å². The van der Waals surface area contributed by atoms with Crippen LogP contribution in [0, 0.1) is 11.8 Å². The van der Waals surface area contributed by atoms with Crippen molar-refractivity contribution in [3.63, 3.8) is 0 Å². The molecule has 1 unspecified atom stereocenters. The Balaban J connectivity index is 0.000000272. The van der Waals surface area contributed by atoms with Crippen LogP contribution in [0.4, 0.5) is 13.2 Å². The van der Waals surface area contributed by atoms with Crippen molar-refractivity contribution in [3.05, 3.63) is 11.4 Å². The summed E-state index contributed by atoms with van der Waals surface area (Å²) in [5.41, 5.74) is 2.62. The first-order valence-corrected chi connectivity index (χ1v) is 10.9. The zero-order chi connectivity index (χ0) is 21.3. The van der Waals surface area contributed by atoms with E-state index >= 15 is 0 Å². The molecule has 1 aromatic rings. The van der Waals surface area contributed by atoms with E-state index in [4.69, 9.17) is 14.6 Å². The first-order valence-electron chi connectivity index (χ1n) is 10.9. The highest BCUT2D eigenvalue weighted by Gasteiger charge is 2.38. The van der Waals surface area contributed by atoms with E-state index in [9.17, 15) is 13.2 Å². The molecule has 3 saturated carbocycles. The SMILES string of the molecule is C1CC(N2Cc3nnn(CC4CC4)c3C(COCC3CC3)C2)C1.O=C(O)C(F)(F)F. The van der Waals surface area contributed by atoms with Crippen LogP contribution in [0.1, 0.15) is 62.3 Å². The third-order valence-corrected chi connectivity index (χ3v) is 6.37. The molecule has 0 aromatic carbocycles. The smallest absolute Gasteiger partial charge is 0.475 e. The van der Waals surface area contributed by atoms with Gasteiger partial charge in [-0.05, 0) is 50.4 Å². The molecule has 1 aromatic heterocycles. The third kappa shape index (κ3) is 5.51. The van der Waals surface area contributed by atoms with E-state index < -0.39 is 12.1 Å². The average Bonchev–Trinajstić information content (AvgIpc) is 3.54. The molecule has 1 N–H and O–H groups in total. The van der Waals surface area contributed by atoms with Crippen LogP contribution in [0.5, 0.6) is 0 Å². The van der Waals surface area contributed by atoms with Gasteiger partial charge >= 0.3 is 12.1 Å². The number of carbonyl (C=O) groups is 1. The molecule has 0 amide bonds. The Bertz CT molecular complexity index is 742. The van der Waals surface area contributed by atoms with Gasteiger partial charge in [0.1, 0.15) is 5.69 Å². The number of hydrogen-bond donors (Lipinski definition) is 1. The normalized spacial score (nSPS) is 24.6. The van der Waals surface area contributed by atoms with Crippen LogP contribution in [-0.4, -0.2) is 62.9 Å². The van der Waals surface area contributed by atoms with Gasteiger partial charge in [-0.3, -0.25) is 4.90 Å². The molecule has 3 fully saturated rings. The number of carboxylic acid groups (broad SMARTS) is 1. The van der Waals surface area contributed by atoms with E-state index in [2.05, 4.69) is 19.9 Å². The summed E-state index contributed by atoms with van der Waals surface area (Å²) in [6.45, 7) is 5.03. The minimum atomic E-state index is -5.08. The van der Waals surface area contributed by atoms with Crippen LogP contribution < -0.4 is 0 Å². The number of halogens is 3. The minimum Gasteiger partial charge on any atom is -0.475 e. The predicted molar refractivity (Wildman–Crippen MR) is 101 cm³/mol. The van der Waals surface area contributed by atoms with Gasteiger partial charge in [0.05, 0.1) is 12.3 Å². The predicted octanol–water partition coefficient (Wildman–Crippen LogP) is 3.20. The quantitative estimate of drug-likeness (QED) is 0.716. The molecule has 5 rings (SSSR count). The lowest BCUT2D eigenvalue weighted by Gasteiger charge is -2.41. The number of aromatic nitrogens is 3. The molecule has 30 heavy (non-hydrogen) atoms. The fourth-order valence-electron chi connectivity index (χ4n) is 4.04. The van der Waals surface area contributed by atoms with Crippen molar-refractivity contribution in [2.24, 2.45) is 11.8 Å². The first-order chi connectivity index (χ1) is 14.3. The molecule has 1 aliphatic heterocycles. The van der Waals surface area contributed by atoms with Crippen molar-refractivity contribution < 1.29 is 27.8 Å². The lowest BCUT2D eigenvalue weighted by molar-refractivity contribution is -0.192. The van der Waals surface area contributed by atoms with Gasteiger partial charge in [-0.1, -0.05) is 11.6 Å². The molecular formula is C20H29F3N4O3. The molecule has 3 aliphatic carbocycles. The summed E-state index contributed by atoms with van der Waals surface area (Å²) in [5.74, 6) is -0.604. The first kappa shape index (κ1) is 21.5. The maximum atomic E-state index is 10.6. The zero-order valence-corrected chi connectivity index (χ0v) is 17.0. The molecular weight excluding hydrogens is 401 g/mol. The number of rotatable bonds is 7. The highest BCUT2D eigenvalue weighted by atomic mass is 19.4. The molecule has 4 aliphatic rings. The number of aliphatic carboxylic acids is 1. The Labute approximate surface area is 173 Å². The van der Waals surface area contributed by atoms with Crippen LogP contribution in [0.15, 0.2) is 0 Å². The maximum absolute atomic E-state index is 10.6. The third-order valence-electron chi connectivity index (χ3n) is 6.37. The van der Waals surface area contributed by atoms with Gasteiger partial charge in [-0.2, -0.15) is 13.2 Å². The van der Waals surface area contributed by atoms with E-state index in [0.29, 0.717) is 5.92 Å². The van der Waals surface area contributed by atoms with E-state index in [0.717, 1.165) is 50.7 Å². The molecule has 1 atom stereocenters. The number of ether oxygens (including phenoxy) is 1. The summed E-state index contributed by atoms with van der Waals surface area (Å²) in [4.78, 5) is 11.5. The van der Waals surface area contributed by atoms with Gasteiger partial charge in [-0.25, -0.2) is 9.48 Å². The summed E-state index contributed by atoms with van der Waals surface area (Å²) in [5, 5.41) is 16.2. The number of nitrogens with zero attached hydrogens (tertiary/aromatic N) is 4. The van der Waals surface area contributed by atoms with Crippen molar-refractivity contribution in [3.8, 4) is 0 Å². The molecule has 0 bridgehead atoms. The maximum Gasteiger partial charge on any atom is 0.490 e. The second-order valence-electron chi connectivity index (χ2n) is 9.04. The van der Waals surface area contributed by atoms with Crippen molar-refractivity contribution in [1.82, 2.24) is 19.9 Å². The topological polar surface area (TPSA) is 80.5 Å². The number of alkyl halides is 3. The minimum absolute atomic E-state index is 0.465. The Morgan fingerprint density at radius 1 is 1.10 bits per heavy atom. The average molecular weight is 430 g/mol. The highest BCUT2D eigenvalue weighted by Crippen LogP contribution is 2.37. The molecule has 168 valence electrons. The van der Waals surface area contributed by atoms with Gasteiger partial charge in [0.15, 0.2) is 0 Å². The van der Waals surface area contributed by atoms with Gasteiger partial charge < -0.3 is 9.84 Å². The van der Waals surface area contributed by atoms with Crippen LogP contribution in [0.2, 0.25) is 0 Å². The highest BCUT2D eigenvalue weighted by molar-refractivity contribution is 5.73. The second kappa shape index (κ2) is 8.82. The Morgan fingerprint density at radius 2 is 1.77 bits per heavy atom. The van der Waals surface area contributed by atoms with Gasteiger partial charge in [-0.15, -0.1) is 5.10 Å². The monoisotopic (exact) mass is 430 g/mol. The van der Waals surface area contributed by atoms with Crippen molar-refractivity contribution >= 4 is 5.97 Å². The molecule has 0 spiro atoms. The lowest BCUT2D eigenvalue weighted by atomic mass is 9.88. The summed E-state index contributed by atoms with van der Waals surface area (Å²) in [6, 6.07) is 0.780. The lowest BCUT2D eigenvalue weighted by Crippen LogP contribution is -2.45. The fourth-order valence-corrected chi connectivity index (χ4v) is 4.04. The Hall–Kier alpha value is -1.68. The molecule has 2 heterocycles. The van der Waals surface area contributed by atoms with Gasteiger partial charge in [0.2, 0.25) is 0 Å². The fraction of sp³-hybridized carbons (Fsp3) is 0.850. The Kier molecular flexibility index (Phi) is 6.34. The Morgan fingerprint density at radius 3 is 2.30 bits per heavy atom. The molecule has 0 saturated heterocycles. The van der Waals surface area contributed by atoms with Crippen LogP contribution in [0.25, 0.3) is 0 Å². The van der Waals surface area contributed by atoms with E-state index in [-0.39, 0.29) is 0 Å². The standard InChI is InChI=1S/C18H28N4O.C2HF3O2/c1-2-16(3-1)21-9-15(12-23-11-14-6-7-14)18-17(10-21)19-20-22(18)8-13-4-5-13;3-2(4,5)1(6)7/h13-16H,1-12H2;(H,6,7). The van der Waals surface area contributed by atoms with E-state index in [1.807, 2.05) is 0 Å². The van der Waals surface area contributed by atoms with Gasteiger partial charge in [0.25, 0.3) is 0 Å². The number of hydrogen-bond acceptors (Lipinski definition) is 5. The molecule has 0 radical (unpaired) electrons. The van der Waals surface area contributed by atoms with E-state index in [1.54, 1.807) is 0 Å². The van der Waals surface area contributed by atoms with Crippen LogP contribution in [-0.2, 0) is 22.6 Å². The summed E-state index contributed by atoms with van der Waals surface area (Å²) in [6.07, 6.45) is 4.50. The summed E-state index contributed by atoms with van der Waals surface area (Å²) < 4.78 is 40.0. The number of fused-ring (bicyclic) bond motifs is 1. The van der Waals surface area contributed by atoms with Crippen LogP contribution >= 0.6 is 0 Å². The number of carboxylic acids is 1. The van der Waals surface area contributed by atoms with Crippen molar-refractivity contribution in [2.75, 3.05) is 19.8 Å². The molecule has 7 nitrogen and oxygen atoms in total. The molecule has 10 heteroatoms. The second-order valence-corrected chi connectivity index (χ2v) is 9.04. The van der Waals surface area contributed by atoms with Crippen LogP contribution in [0.3, 0.4) is 0 Å². The van der Waals surface area contributed by atoms with E-state index in [1.165, 1.54) is 56.3 Å². The largest absolute Gasteiger partial charge is 0.490 e.